The summed E-state index contributed by atoms with van der Waals surface area (Å²) in [6, 6.07) is 13.1. The number of rotatable bonds is 5. The molecule has 0 spiro atoms. The van der Waals surface area contributed by atoms with E-state index in [1.54, 1.807) is 30.3 Å². The van der Waals surface area contributed by atoms with Crippen molar-refractivity contribution in [2.45, 2.75) is 37.1 Å². The molecule has 1 aromatic heterocycles. The molecule has 1 atom stereocenters. The van der Waals surface area contributed by atoms with E-state index < -0.39 is 10.0 Å². The van der Waals surface area contributed by atoms with Crippen LogP contribution in [0.25, 0.3) is 10.9 Å². The highest BCUT2D eigenvalue weighted by molar-refractivity contribution is 7.92. The van der Waals surface area contributed by atoms with Crippen molar-refractivity contribution in [3.8, 4) is 0 Å². The van der Waals surface area contributed by atoms with Gasteiger partial charge in [-0.25, -0.2) is 8.42 Å². The molecule has 6 heteroatoms. The summed E-state index contributed by atoms with van der Waals surface area (Å²) in [4.78, 5) is 5.99. The van der Waals surface area contributed by atoms with Crippen LogP contribution in [0, 0.1) is 6.92 Å². The van der Waals surface area contributed by atoms with Crippen LogP contribution in [0.1, 0.15) is 24.0 Å². The van der Waals surface area contributed by atoms with E-state index in [1.807, 2.05) is 19.1 Å². The lowest BCUT2D eigenvalue weighted by atomic mass is 10.0. The molecule has 142 valence electrons. The molecule has 0 unspecified atom stereocenters. The van der Waals surface area contributed by atoms with E-state index in [9.17, 15) is 8.42 Å². The number of aryl methyl sites for hydroxylation is 1. The van der Waals surface area contributed by atoms with Crippen LogP contribution in [0.15, 0.2) is 53.6 Å². The number of likely N-dealkylation sites (N-methyl/N-ethyl adjacent to an activating group) is 1. The molecular formula is C21H25N3O2S. The van der Waals surface area contributed by atoms with Gasteiger partial charge in [-0.1, -0.05) is 17.7 Å². The first-order valence-electron chi connectivity index (χ1n) is 9.32. The van der Waals surface area contributed by atoms with Gasteiger partial charge in [-0.3, -0.25) is 4.72 Å². The van der Waals surface area contributed by atoms with Gasteiger partial charge in [-0.2, -0.15) is 0 Å². The van der Waals surface area contributed by atoms with Gasteiger partial charge < -0.3 is 9.88 Å². The third kappa shape index (κ3) is 3.73. The fourth-order valence-corrected chi connectivity index (χ4v) is 4.88. The number of likely N-dealkylation sites (tertiary alicyclic amines) is 1. The summed E-state index contributed by atoms with van der Waals surface area (Å²) in [6.45, 7) is 3.08. The SMILES string of the molecule is Cc1ccc(S(=O)(=O)Nc2ccc3[nH]cc(C[C@H]4CCCN4C)c3c2)cc1. The Morgan fingerprint density at radius 2 is 1.96 bits per heavy atom. The normalized spacial score (nSPS) is 18.2. The van der Waals surface area contributed by atoms with E-state index in [-0.39, 0.29) is 4.90 Å². The second-order valence-electron chi connectivity index (χ2n) is 7.47. The molecule has 0 bridgehead atoms. The van der Waals surface area contributed by atoms with Crippen molar-refractivity contribution >= 4 is 26.6 Å². The van der Waals surface area contributed by atoms with Crippen LogP contribution in [0.5, 0.6) is 0 Å². The van der Waals surface area contributed by atoms with Crippen molar-refractivity contribution in [1.82, 2.24) is 9.88 Å². The van der Waals surface area contributed by atoms with E-state index in [1.165, 1.54) is 18.4 Å². The van der Waals surface area contributed by atoms with E-state index in [0.29, 0.717) is 11.7 Å². The van der Waals surface area contributed by atoms with Crippen molar-refractivity contribution in [1.29, 1.82) is 0 Å². The predicted molar refractivity (Wildman–Crippen MR) is 110 cm³/mol. The Hall–Kier alpha value is -2.31. The molecule has 1 fully saturated rings. The Labute approximate surface area is 160 Å². The van der Waals surface area contributed by atoms with Gasteiger partial charge in [0.15, 0.2) is 0 Å². The van der Waals surface area contributed by atoms with E-state index in [0.717, 1.165) is 29.4 Å². The molecule has 4 rings (SSSR count). The first-order valence-corrected chi connectivity index (χ1v) is 10.8. The lowest BCUT2D eigenvalue weighted by Gasteiger charge is -2.18. The first-order chi connectivity index (χ1) is 12.9. The largest absolute Gasteiger partial charge is 0.361 e. The van der Waals surface area contributed by atoms with Crippen LogP contribution < -0.4 is 4.72 Å². The monoisotopic (exact) mass is 383 g/mol. The minimum Gasteiger partial charge on any atom is -0.361 e. The Balaban J connectivity index is 1.61. The second kappa shape index (κ2) is 7.02. The zero-order valence-electron chi connectivity index (χ0n) is 15.7. The van der Waals surface area contributed by atoms with Crippen LogP contribution in [0.4, 0.5) is 5.69 Å². The Kier molecular flexibility index (Phi) is 4.70. The van der Waals surface area contributed by atoms with E-state index in [2.05, 4.69) is 27.9 Å². The van der Waals surface area contributed by atoms with Crippen molar-refractivity contribution in [2.75, 3.05) is 18.3 Å². The highest BCUT2D eigenvalue weighted by atomic mass is 32.2. The molecule has 2 heterocycles. The average molecular weight is 384 g/mol. The number of aromatic nitrogens is 1. The second-order valence-corrected chi connectivity index (χ2v) is 9.16. The van der Waals surface area contributed by atoms with Gasteiger partial charge >= 0.3 is 0 Å². The fraction of sp³-hybridized carbons (Fsp3) is 0.333. The smallest absolute Gasteiger partial charge is 0.261 e. The average Bonchev–Trinajstić information content (AvgIpc) is 3.22. The first kappa shape index (κ1) is 18.1. The van der Waals surface area contributed by atoms with Gasteiger partial charge in [0.05, 0.1) is 4.90 Å². The van der Waals surface area contributed by atoms with Crippen LogP contribution in [-0.2, 0) is 16.4 Å². The third-order valence-corrected chi connectivity index (χ3v) is 6.88. The Bertz CT molecular complexity index is 1050. The van der Waals surface area contributed by atoms with Crippen LogP contribution in [-0.4, -0.2) is 37.9 Å². The summed E-state index contributed by atoms with van der Waals surface area (Å²) >= 11 is 0. The summed E-state index contributed by atoms with van der Waals surface area (Å²) in [5.41, 5.74) is 3.89. The van der Waals surface area contributed by atoms with Crippen molar-refractivity contribution in [3.63, 3.8) is 0 Å². The molecular weight excluding hydrogens is 358 g/mol. The molecule has 1 aliphatic rings. The third-order valence-electron chi connectivity index (χ3n) is 5.48. The highest BCUT2D eigenvalue weighted by Gasteiger charge is 2.22. The molecule has 0 radical (unpaired) electrons. The maximum absolute atomic E-state index is 12.7. The van der Waals surface area contributed by atoms with Gasteiger partial charge in [0, 0.05) is 28.8 Å². The van der Waals surface area contributed by atoms with Crippen LogP contribution >= 0.6 is 0 Å². The maximum atomic E-state index is 12.7. The zero-order valence-corrected chi connectivity index (χ0v) is 16.5. The van der Waals surface area contributed by atoms with Crippen molar-refractivity contribution in [2.24, 2.45) is 0 Å². The summed E-state index contributed by atoms with van der Waals surface area (Å²) in [5.74, 6) is 0. The number of sulfonamides is 1. The minimum absolute atomic E-state index is 0.273. The lowest BCUT2D eigenvalue weighted by Crippen LogP contribution is -2.26. The quantitative estimate of drug-likeness (QED) is 0.702. The molecule has 0 amide bonds. The molecule has 2 aromatic carbocycles. The molecule has 1 saturated heterocycles. The molecule has 27 heavy (non-hydrogen) atoms. The van der Waals surface area contributed by atoms with Crippen LogP contribution in [0.2, 0.25) is 0 Å². The summed E-state index contributed by atoms with van der Waals surface area (Å²) in [5, 5.41) is 1.08. The summed E-state index contributed by atoms with van der Waals surface area (Å²) in [6.07, 6.45) is 5.48. The number of aromatic amines is 1. The van der Waals surface area contributed by atoms with Gasteiger partial charge in [0.1, 0.15) is 0 Å². The molecule has 3 aromatic rings. The number of fused-ring (bicyclic) bond motifs is 1. The van der Waals surface area contributed by atoms with E-state index >= 15 is 0 Å². The molecule has 2 N–H and O–H groups in total. The standard InChI is InChI=1S/C21H25N3O2S/c1-15-5-8-19(9-6-15)27(25,26)23-17-7-10-21-20(13-17)16(14-22-21)12-18-4-3-11-24(18)2/h5-10,13-14,18,22-23H,3-4,11-12H2,1-2H3/t18-/m1/s1. The van der Waals surface area contributed by atoms with Gasteiger partial charge in [0.25, 0.3) is 10.0 Å². The number of anilines is 1. The number of hydrogen-bond donors (Lipinski definition) is 2. The fourth-order valence-electron chi connectivity index (χ4n) is 3.83. The summed E-state index contributed by atoms with van der Waals surface area (Å²) < 4.78 is 28.0. The minimum atomic E-state index is -3.59. The number of nitrogens with zero attached hydrogens (tertiary/aromatic N) is 1. The Morgan fingerprint density at radius 3 is 2.67 bits per heavy atom. The van der Waals surface area contributed by atoms with Crippen LogP contribution in [0.3, 0.4) is 0 Å². The zero-order chi connectivity index (χ0) is 19.0. The highest BCUT2D eigenvalue weighted by Crippen LogP contribution is 2.27. The van der Waals surface area contributed by atoms with Gasteiger partial charge in [-0.15, -0.1) is 0 Å². The van der Waals surface area contributed by atoms with E-state index in [4.69, 9.17) is 0 Å². The predicted octanol–water partition coefficient (Wildman–Crippen LogP) is 3.91. The summed E-state index contributed by atoms with van der Waals surface area (Å²) in [7, 11) is -1.42. The number of benzene rings is 2. The maximum Gasteiger partial charge on any atom is 0.261 e. The molecule has 0 aliphatic carbocycles. The lowest BCUT2D eigenvalue weighted by molar-refractivity contribution is 0.310. The number of hydrogen-bond acceptors (Lipinski definition) is 3. The molecule has 5 nitrogen and oxygen atoms in total. The molecule has 0 saturated carbocycles. The topological polar surface area (TPSA) is 65.2 Å². The van der Waals surface area contributed by atoms with Gasteiger partial charge in [-0.05, 0) is 75.7 Å². The Morgan fingerprint density at radius 1 is 1.19 bits per heavy atom. The van der Waals surface area contributed by atoms with Gasteiger partial charge in [0.2, 0.25) is 0 Å². The number of nitrogens with one attached hydrogen (secondary N) is 2. The number of H-pyrrole nitrogens is 1. The molecule has 1 aliphatic heterocycles. The van der Waals surface area contributed by atoms with Crippen molar-refractivity contribution in [3.05, 3.63) is 59.8 Å². The van der Waals surface area contributed by atoms with Crippen molar-refractivity contribution < 1.29 is 8.42 Å².